The van der Waals surface area contributed by atoms with E-state index in [0.29, 0.717) is 0 Å². The molecule has 0 atom stereocenters. The van der Waals surface area contributed by atoms with Crippen molar-refractivity contribution < 1.29 is 8.78 Å². The number of halogens is 2. The Morgan fingerprint density at radius 2 is 0.837 bits per heavy atom. The van der Waals surface area contributed by atoms with E-state index >= 15 is 8.78 Å². The SMILES string of the molecule is Cc1ccc2c(c1)Nc1cc(C)ccc1[PH](C)(c1cccc(F)c1)c1ccc(C)cc1N(C)c1cc(C)ccc1[PH]2(C)c1cccc(F)c1. The topological polar surface area (TPSA) is 15.3 Å². The zero-order valence-corrected chi connectivity index (χ0v) is 31.3. The van der Waals surface area contributed by atoms with Crippen molar-refractivity contribution in [1.82, 2.24) is 0 Å². The van der Waals surface area contributed by atoms with Gasteiger partial charge in [0.2, 0.25) is 0 Å². The Morgan fingerprint density at radius 1 is 0.469 bits per heavy atom. The zero-order chi connectivity index (χ0) is 34.7. The van der Waals surface area contributed by atoms with Crippen LogP contribution in [0.15, 0.2) is 121 Å². The van der Waals surface area contributed by atoms with Crippen LogP contribution < -0.4 is 42.0 Å². The fourth-order valence-electron chi connectivity index (χ4n) is 7.87. The number of anilines is 4. The van der Waals surface area contributed by atoms with E-state index in [1.165, 1.54) is 33.4 Å². The van der Waals surface area contributed by atoms with Gasteiger partial charge in [0, 0.05) is 0 Å². The molecule has 0 aromatic heterocycles. The van der Waals surface area contributed by atoms with E-state index in [1.54, 1.807) is 12.1 Å². The maximum atomic E-state index is 15.2. The molecular formula is C43H44F2N2P2. The van der Waals surface area contributed by atoms with Crippen molar-refractivity contribution in [2.24, 2.45) is 0 Å². The van der Waals surface area contributed by atoms with E-state index < -0.39 is 14.5 Å². The van der Waals surface area contributed by atoms with Gasteiger partial charge in [-0.3, -0.25) is 0 Å². The zero-order valence-electron chi connectivity index (χ0n) is 29.3. The van der Waals surface area contributed by atoms with E-state index in [2.05, 4.69) is 143 Å². The molecule has 0 aliphatic carbocycles. The number of rotatable bonds is 2. The summed E-state index contributed by atoms with van der Waals surface area (Å²) in [5.74, 6) is -0.473. The van der Waals surface area contributed by atoms with Gasteiger partial charge in [-0.15, -0.1) is 0 Å². The van der Waals surface area contributed by atoms with Gasteiger partial charge in [0.15, 0.2) is 0 Å². The number of fused-ring (bicyclic) bond motifs is 4. The van der Waals surface area contributed by atoms with Gasteiger partial charge in [0.1, 0.15) is 0 Å². The average molecular weight is 689 g/mol. The minimum atomic E-state index is -2.91. The quantitative estimate of drug-likeness (QED) is 0.184. The molecule has 0 bridgehead atoms. The Bertz CT molecular complexity index is 2090. The van der Waals surface area contributed by atoms with E-state index in [1.807, 2.05) is 12.1 Å². The first-order valence-electron chi connectivity index (χ1n) is 16.9. The maximum absolute atomic E-state index is 15.2. The van der Waals surface area contributed by atoms with E-state index in [0.717, 1.165) is 55.6 Å². The molecule has 0 amide bonds. The standard InChI is InChI=1S/C43H44F2N2P2/c1-28-14-18-40-36(22-28)46-37-23-29(2)15-19-41(37)49(7,35-13-9-11-33(45)27-35)43-21-17-31(4)25-39(43)47(5)38-24-30(3)16-20-42(38)48(40,6)34-12-8-10-32(44)26-34/h8-27,46,48-49H,1-7H3. The second-order valence-corrected chi connectivity index (χ2v) is 21.9. The molecule has 49 heavy (non-hydrogen) atoms. The molecule has 6 aromatic rings. The fourth-order valence-corrected chi connectivity index (χ4v) is 15.9. The van der Waals surface area contributed by atoms with Gasteiger partial charge >= 0.3 is 291 Å². The average Bonchev–Trinajstić information content (AvgIpc) is 3.07. The molecule has 1 aliphatic heterocycles. The second kappa shape index (κ2) is 12.5. The first-order valence-corrected chi connectivity index (χ1v) is 21.9. The van der Waals surface area contributed by atoms with E-state index in [9.17, 15) is 0 Å². The molecule has 250 valence electrons. The summed E-state index contributed by atoms with van der Waals surface area (Å²) in [6.45, 7) is 13.2. The Morgan fingerprint density at radius 3 is 1.22 bits per heavy atom. The normalized spacial score (nSPS) is 16.0. The number of aryl methyl sites for hydroxylation is 4. The summed E-state index contributed by atoms with van der Waals surface area (Å²) in [5, 5.41) is 10.7. The van der Waals surface area contributed by atoms with Gasteiger partial charge in [-0.1, -0.05) is 0 Å². The number of hydrogen-bond donors (Lipinski definition) is 1. The number of nitrogens with zero attached hydrogens (tertiary/aromatic N) is 1. The van der Waals surface area contributed by atoms with Crippen LogP contribution in [0.4, 0.5) is 31.5 Å². The summed E-state index contributed by atoms with van der Waals surface area (Å²) in [4.78, 5) is 2.34. The molecule has 6 heteroatoms. The molecule has 6 aromatic carbocycles. The van der Waals surface area contributed by atoms with Crippen LogP contribution in [0, 0.1) is 39.3 Å². The molecule has 0 saturated heterocycles. The number of benzene rings is 6. The van der Waals surface area contributed by atoms with E-state index in [-0.39, 0.29) is 11.6 Å². The van der Waals surface area contributed by atoms with Crippen molar-refractivity contribution >= 4 is 69.1 Å². The van der Waals surface area contributed by atoms with Gasteiger partial charge < -0.3 is 0 Å². The summed E-state index contributed by atoms with van der Waals surface area (Å²) in [5.41, 5.74) is 8.78. The molecular weight excluding hydrogens is 644 g/mol. The molecule has 1 N–H and O–H groups in total. The third kappa shape index (κ3) is 5.66. The van der Waals surface area contributed by atoms with Crippen LogP contribution in [0.3, 0.4) is 0 Å². The summed E-state index contributed by atoms with van der Waals surface area (Å²) in [7, 11) is -3.66. The molecule has 0 fully saturated rings. The van der Waals surface area contributed by atoms with Crippen molar-refractivity contribution in [3.05, 3.63) is 155 Å². The molecule has 2 nitrogen and oxygen atoms in total. The van der Waals surface area contributed by atoms with Crippen molar-refractivity contribution in [1.29, 1.82) is 0 Å². The molecule has 1 heterocycles. The van der Waals surface area contributed by atoms with Crippen LogP contribution in [0.1, 0.15) is 22.3 Å². The third-order valence-electron chi connectivity index (χ3n) is 10.6. The summed E-state index contributed by atoms with van der Waals surface area (Å²) in [6, 6.07) is 41.2. The van der Waals surface area contributed by atoms with Crippen molar-refractivity contribution in [3.63, 3.8) is 0 Å². The van der Waals surface area contributed by atoms with Crippen LogP contribution in [-0.2, 0) is 0 Å². The Balaban J connectivity index is 1.68. The van der Waals surface area contributed by atoms with Gasteiger partial charge in [0.25, 0.3) is 0 Å². The molecule has 0 spiro atoms. The Kier molecular flexibility index (Phi) is 8.46. The monoisotopic (exact) mass is 688 g/mol. The Hall–Kier alpha value is -4.36. The van der Waals surface area contributed by atoms with E-state index in [4.69, 9.17) is 0 Å². The van der Waals surface area contributed by atoms with Crippen molar-refractivity contribution in [3.8, 4) is 0 Å². The van der Waals surface area contributed by atoms with Gasteiger partial charge in [-0.2, -0.15) is 0 Å². The molecule has 0 unspecified atom stereocenters. The van der Waals surface area contributed by atoms with Crippen LogP contribution in [-0.4, -0.2) is 20.4 Å². The predicted molar refractivity (Wildman–Crippen MR) is 215 cm³/mol. The third-order valence-corrected chi connectivity index (χ3v) is 19.6. The van der Waals surface area contributed by atoms with Crippen molar-refractivity contribution in [2.45, 2.75) is 27.7 Å². The second-order valence-electron chi connectivity index (χ2n) is 14.1. The molecule has 1 aliphatic rings. The molecule has 0 saturated carbocycles. The number of hydrogen-bond acceptors (Lipinski definition) is 2. The van der Waals surface area contributed by atoms with Crippen LogP contribution in [0.2, 0.25) is 0 Å². The fraction of sp³-hybridized carbons (Fsp3) is 0.163. The summed E-state index contributed by atoms with van der Waals surface area (Å²) >= 11 is 0. The first-order chi connectivity index (χ1) is 23.4. The molecule has 0 radical (unpaired) electrons. The number of nitrogens with one attached hydrogen (secondary N) is 1. The van der Waals surface area contributed by atoms with Crippen molar-refractivity contribution in [2.75, 3.05) is 30.6 Å². The van der Waals surface area contributed by atoms with Gasteiger partial charge in [-0.05, 0) is 0 Å². The first kappa shape index (κ1) is 33.2. The van der Waals surface area contributed by atoms with Gasteiger partial charge in [0.05, 0.1) is 0 Å². The predicted octanol–water partition coefficient (Wildman–Crippen LogP) is 8.34. The molecule has 7 rings (SSSR count). The van der Waals surface area contributed by atoms with Gasteiger partial charge in [-0.25, -0.2) is 0 Å². The van der Waals surface area contributed by atoms with Crippen LogP contribution >= 0.6 is 14.5 Å². The van der Waals surface area contributed by atoms with Crippen LogP contribution in [0.25, 0.3) is 0 Å². The summed E-state index contributed by atoms with van der Waals surface area (Å²) < 4.78 is 30.5. The summed E-state index contributed by atoms with van der Waals surface area (Å²) in [6.07, 6.45) is 0. The minimum absolute atomic E-state index is 0.236. The Labute approximate surface area is 290 Å². The van der Waals surface area contributed by atoms with Crippen LogP contribution in [0.5, 0.6) is 0 Å².